The van der Waals surface area contributed by atoms with Gasteiger partial charge in [-0.25, -0.2) is 9.78 Å². The normalized spacial score (nSPS) is 10.3. The van der Waals surface area contributed by atoms with Crippen molar-refractivity contribution in [3.8, 4) is 0 Å². The lowest BCUT2D eigenvalue weighted by molar-refractivity contribution is 0.102. The first kappa shape index (κ1) is 18.9. The molecule has 3 rings (SSSR count). The average molecular weight is 399 g/mol. The Morgan fingerprint density at radius 1 is 1.00 bits per heavy atom. The summed E-state index contributed by atoms with van der Waals surface area (Å²) in [4.78, 5) is 29.6. The fraction of sp³-hybridized carbons (Fsp3) is 0.105. The van der Waals surface area contributed by atoms with Gasteiger partial charge in [0, 0.05) is 21.7 Å². The summed E-state index contributed by atoms with van der Waals surface area (Å²) in [5.41, 5.74) is 2.69. The largest absolute Gasteiger partial charge is 0.325 e. The molecule has 0 bridgehead atoms. The number of urea groups is 1. The SMILES string of the molecule is CSc1cccc(NC(=O)c2csc(NC(=O)Nc3cccc(C)c3)n2)c1. The van der Waals surface area contributed by atoms with Crippen LogP contribution in [0.4, 0.5) is 21.3 Å². The molecule has 0 aliphatic carbocycles. The predicted molar refractivity (Wildman–Crippen MR) is 112 cm³/mol. The molecule has 3 N–H and O–H groups in total. The third-order valence-corrected chi connectivity index (χ3v) is 5.04. The van der Waals surface area contributed by atoms with Gasteiger partial charge in [-0.2, -0.15) is 0 Å². The number of benzene rings is 2. The summed E-state index contributed by atoms with van der Waals surface area (Å²) >= 11 is 2.79. The van der Waals surface area contributed by atoms with Crippen molar-refractivity contribution in [1.29, 1.82) is 0 Å². The van der Waals surface area contributed by atoms with Gasteiger partial charge < -0.3 is 10.6 Å². The van der Waals surface area contributed by atoms with E-state index in [2.05, 4.69) is 20.9 Å². The zero-order valence-electron chi connectivity index (χ0n) is 14.8. The summed E-state index contributed by atoms with van der Waals surface area (Å²) in [6.45, 7) is 1.95. The van der Waals surface area contributed by atoms with Gasteiger partial charge in [0.25, 0.3) is 5.91 Å². The average Bonchev–Trinajstić information content (AvgIpc) is 3.10. The minimum Gasteiger partial charge on any atom is -0.321 e. The lowest BCUT2D eigenvalue weighted by Crippen LogP contribution is -2.19. The molecule has 0 aliphatic heterocycles. The van der Waals surface area contributed by atoms with Gasteiger partial charge in [-0.15, -0.1) is 23.1 Å². The van der Waals surface area contributed by atoms with Crippen molar-refractivity contribution in [3.05, 3.63) is 65.2 Å². The standard InChI is InChI=1S/C19H18N4O2S2/c1-12-5-3-6-13(9-12)21-18(25)23-19-22-16(11-27-19)17(24)20-14-7-4-8-15(10-14)26-2/h3-11H,1-2H3,(H,20,24)(H2,21,22,23,25). The number of amides is 3. The topological polar surface area (TPSA) is 83.1 Å². The molecule has 0 aliphatic rings. The van der Waals surface area contributed by atoms with E-state index >= 15 is 0 Å². The molecule has 8 heteroatoms. The highest BCUT2D eigenvalue weighted by Crippen LogP contribution is 2.21. The van der Waals surface area contributed by atoms with Crippen molar-refractivity contribution in [1.82, 2.24) is 4.98 Å². The van der Waals surface area contributed by atoms with E-state index in [0.29, 0.717) is 16.5 Å². The molecule has 0 fully saturated rings. The Bertz CT molecular complexity index is 972. The summed E-state index contributed by atoms with van der Waals surface area (Å²) in [6.07, 6.45) is 1.97. The minimum atomic E-state index is -0.408. The van der Waals surface area contributed by atoms with E-state index in [1.165, 1.54) is 11.3 Å². The van der Waals surface area contributed by atoms with Crippen LogP contribution in [0.15, 0.2) is 58.8 Å². The number of nitrogens with zero attached hydrogens (tertiary/aromatic N) is 1. The number of hydrogen-bond donors (Lipinski definition) is 3. The summed E-state index contributed by atoms with van der Waals surface area (Å²) in [5.74, 6) is -0.323. The number of thioether (sulfide) groups is 1. The quantitative estimate of drug-likeness (QED) is 0.524. The number of aryl methyl sites for hydroxylation is 1. The van der Waals surface area contributed by atoms with Crippen molar-refractivity contribution < 1.29 is 9.59 Å². The van der Waals surface area contributed by atoms with Crippen LogP contribution < -0.4 is 16.0 Å². The molecule has 0 radical (unpaired) electrons. The van der Waals surface area contributed by atoms with Gasteiger partial charge in [0.1, 0.15) is 5.69 Å². The molecule has 0 saturated heterocycles. The second kappa shape index (κ2) is 8.70. The highest BCUT2D eigenvalue weighted by Gasteiger charge is 2.13. The Labute approximate surface area is 165 Å². The molecule has 3 amide bonds. The molecule has 0 spiro atoms. The second-order valence-corrected chi connectivity index (χ2v) is 7.41. The molecule has 3 aromatic rings. The molecule has 27 heavy (non-hydrogen) atoms. The molecule has 6 nitrogen and oxygen atoms in total. The third-order valence-electron chi connectivity index (χ3n) is 3.56. The van der Waals surface area contributed by atoms with Gasteiger partial charge in [-0.05, 0) is 49.1 Å². The van der Waals surface area contributed by atoms with Gasteiger partial charge in [-0.1, -0.05) is 18.2 Å². The summed E-state index contributed by atoms with van der Waals surface area (Å²) in [6, 6.07) is 14.6. The van der Waals surface area contributed by atoms with Gasteiger partial charge >= 0.3 is 6.03 Å². The van der Waals surface area contributed by atoms with E-state index in [-0.39, 0.29) is 11.6 Å². The van der Waals surface area contributed by atoms with Crippen LogP contribution in [-0.2, 0) is 0 Å². The van der Waals surface area contributed by atoms with Crippen LogP contribution >= 0.6 is 23.1 Å². The Morgan fingerprint density at radius 3 is 2.48 bits per heavy atom. The zero-order valence-corrected chi connectivity index (χ0v) is 16.4. The van der Waals surface area contributed by atoms with E-state index in [1.54, 1.807) is 23.2 Å². The first-order valence-corrected chi connectivity index (χ1v) is 10.2. The maximum atomic E-state index is 12.3. The molecule has 1 heterocycles. The van der Waals surface area contributed by atoms with Crippen LogP contribution in [0.5, 0.6) is 0 Å². The fourth-order valence-electron chi connectivity index (χ4n) is 2.31. The van der Waals surface area contributed by atoms with E-state index in [9.17, 15) is 9.59 Å². The highest BCUT2D eigenvalue weighted by molar-refractivity contribution is 7.98. The van der Waals surface area contributed by atoms with E-state index < -0.39 is 6.03 Å². The van der Waals surface area contributed by atoms with Crippen molar-refractivity contribution >= 4 is 51.5 Å². The van der Waals surface area contributed by atoms with Gasteiger partial charge in [0.05, 0.1) is 0 Å². The maximum absolute atomic E-state index is 12.3. The third kappa shape index (κ3) is 5.32. The van der Waals surface area contributed by atoms with Crippen LogP contribution in [0.2, 0.25) is 0 Å². The zero-order chi connectivity index (χ0) is 19.2. The Hall–Kier alpha value is -2.84. The van der Waals surface area contributed by atoms with Crippen LogP contribution in [-0.4, -0.2) is 23.2 Å². The summed E-state index contributed by atoms with van der Waals surface area (Å²) in [5, 5.41) is 10.1. The molecular formula is C19H18N4O2S2. The number of nitrogens with one attached hydrogen (secondary N) is 3. The molecule has 0 saturated carbocycles. The number of aromatic nitrogens is 1. The van der Waals surface area contributed by atoms with Crippen molar-refractivity contribution in [2.75, 3.05) is 22.2 Å². The molecule has 2 aromatic carbocycles. The van der Waals surface area contributed by atoms with E-state index in [4.69, 9.17) is 0 Å². The van der Waals surface area contributed by atoms with Crippen LogP contribution in [0.3, 0.4) is 0 Å². The monoisotopic (exact) mass is 398 g/mol. The predicted octanol–water partition coefficient (Wildman–Crippen LogP) is 5.07. The van der Waals surface area contributed by atoms with Crippen molar-refractivity contribution in [2.45, 2.75) is 11.8 Å². The lowest BCUT2D eigenvalue weighted by Gasteiger charge is -2.06. The number of carbonyl (C=O) groups is 2. The van der Waals surface area contributed by atoms with Gasteiger partial charge in [0.15, 0.2) is 5.13 Å². The number of anilines is 3. The van der Waals surface area contributed by atoms with E-state index in [1.807, 2.05) is 55.6 Å². The summed E-state index contributed by atoms with van der Waals surface area (Å²) < 4.78 is 0. The Balaban J connectivity index is 1.60. The molecule has 0 atom stereocenters. The van der Waals surface area contributed by atoms with Crippen LogP contribution in [0.1, 0.15) is 16.1 Å². The fourth-order valence-corrected chi connectivity index (χ4v) is 3.46. The lowest BCUT2D eigenvalue weighted by atomic mass is 10.2. The second-order valence-electron chi connectivity index (χ2n) is 5.67. The van der Waals surface area contributed by atoms with Crippen LogP contribution in [0, 0.1) is 6.92 Å². The molecule has 138 valence electrons. The van der Waals surface area contributed by atoms with Crippen molar-refractivity contribution in [3.63, 3.8) is 0 Å². The number of hydrogen-bond acceptors (Lipinski definition) is 5. The Kier molecular flexibility index (Phi) is 6.10. The van der Waals surface area contributed by atoms with Gasteiger partial charge in [0.2, 0.25) is 0 Å². The molecule has 0 unspecified atom stereocenters. The van der Waals surface area contributed by atoms with Gasteiger partial charge in [-0.3, -0.25) is 10.1 Å². The highest BCUT2D eigenvalue weighted by atomic mass is 32.2. The maximum Gasteiger partial charge on any atom is 0.325 e. The smallest absolute Gasteiger partial charge is 0.321 e. The number of thiazole rings is 1. The van der Waals surface area contributed by atoms with Crippen molar-refractivity contribution in [2.24, 2.45) is 0 Å². The number of rotatable bonds is 5. The van der Waals surface area contributed by atoms with E-state index in [0.717, 1.165) is 10.5 Å². The van der Waals surface area contributed by atoms with Crippen LogP contribution in [0.25, 0.3) is 0 Å². The summed E-state index contributed by atoms with van der Waals surface area (Å²) in [7, 11) is 0. The number of carbonyl (C=O) groups excluding carboxylic acids is 2. The molecular weight excluding hydrogens is 380 g/mol. The minimum absolute atomic E-state index is 0.250. The first-order valence-electron chi connectivity index (χ1n) is 8.09. The first-order chi connectivity index (χ1) is 13.0. The Morgan fingerprint density at radius 2 is 1.74 bits per heavy atom. The molecule has 1 aromatic heterocycles.